The Kier molecular flexibility index (Phi) is 3.47. The van der Waals surface area contributed by atoms with Gasteiger partial charge in [-0.3, -0.25) is 5.32 Å². The van der Waals surface area contributed by atoms with Gasteiger partial charge in [0.25, 0.3) is 0 Å². The minimum absolute atomic E-state index is 0.00944. The van der Waals surface area contributed by atoms with Crippen molar-refractivity contribution < 1.29 is 18.3 Å². The molecule has 0 fully saturated rings. The van der Waals surface area contributed by atoms with E-state index in [9.17, 15) is 18.3 Å². The van der Waals surface area contributed by atoms with Gasteiger partial charge in [-0.05, 0) is 12.5 Å². The van der Waals surface area contributed by atoms with Gasteiger partial charge in [0.15, 0.2) is 9.84 Å². The third-order valence-corrected chi connectivity index (χ3v) is 5.11. The molecule has 1 aromatic carbocycles. The highest BCUT2D eigenvalue weighted by molar-refractivity contribution is 7.91. The average Bonchev–Trinajstić information content (AvgIpc) is 2.38. The first-order chi connectivity index (χ1) is 8.94. The number of benzene rings is 1. The van der Waals surface area contributed by atoms with Crippen LogP contribution >= 0.6 is 0 Å². The molecule has 1 heterocycles. The zero-order chi connectivity index (χ0) is 14.1. The van der Waals surface area contributed by atoms with E-state index in [-0.39, 0.29) is 17.1 Å². The number of carboxylic acid groups (broad SMARTS) is 1. The Hall–Kier alpha value is -1.66. The summed E-state index contributed by atoms with van der Waals surface area (Å²) in [6.07, 6.45) is 1.56. The number of nitrogens with one attached hydrogen (secondary N) is 1. The van der Waals surface area contributed by atoms with E-state index in [1.165, 1.54) is 6.07 Å². The van der Waals surface area contributed by atoms with Crippen LogP contribution in [0, 0.1) is 0 Å². The summed E-state index contributed by atoms with van der Waals surface area (Å²) < 4.78 is 24.0. The quantitative estimate of drug-likeness (QED) is 0.802. The zero-order valence-electron chi connectivity index (χ0n) is 10.3. The number of fused-ring (bicyclic) bond motifs is 1. The van der Waals surface area contributed by atoms with Gasteiger partial charge < -0.3 is 5.11 Å². The van der Waals surface area contributed by atoms with Crippen molar-refractivity contribution in [1.29, 1.82) is 0 Å². The van der Waals surface area contributed by atoms with E-state index in [1.807, 2.05) is 0 Å². The predicted octanol–water partition coefficient (Wildman–Crippen LogP) is 0.919. The molecular formula is C13H15NO4S. The molecule has 1 aromatic rings. The van der Waals surface area contributed by atoms with Crippen molar-refractivity contribution in [1.82, 2.24) is 5.32 Å². The molecule has 1 aliphatic rings. The van der Waals surface area contributed by atoms with Crippen LogP contribution in [0.15, 0.2) is 41.8 Å². The van der Waals surface area contributed by atoms with E-state index >= 15 is 0 Å². The van der Waals surface area contributed by atoms with E-state index in [0.717, 1.165) is 0 Å². The van der Waals surface area contributed by atoms with Crippen molar-refractivity contribution in [3.8, 4) is 0 Å². The summed E-state index contributed by atoms with van der Waals surface area (Å²) in [5.41, 5.74) is -1.06. The summed E-state index contributed by atoms with van der Waals surface area (Å²) in [6.45, 7) is 3.84. The van der Waals surface area contributed by atoms with E-state index in [2.05, 4.69) is 11.9 Å². The normalized spacial score (nSPS) is 24.4. The molecule has 19 heavy (non-hydrogen) atoms. The minimum atomic E-state index is -3.40. The molecule has 102 valence electrons. The number of carboxylic acids is 1. The summed E-state index contributed by atoms with van der Waals surface area (Å²) >= 11 is 0. The number of carbonyl (C=O) groups is 1. The summed E-state index contributed by atoms with van der Waals surface area (Å²) in [5, 5.41) is 12.4. The van der Waals surface area contributed by atoms with Gasteiger partial charge in [-0.2, -0.15) is 0 Å². The fourth-order valence-corrected chi connectivity index (χ4v) is 4.01. The highest BCUT2D eigenvalue weighted by Gasteiger charge is 2.47. The van der Waals surface area contributed by atoms with Crippen LogP contribution in [-0.2, 0) is 20.2 Å². The highest BCUT2D eigenvalue weighted by atomic mass is 32.2. The Labute approximate surface area is 111 Å². The SMILES string of the molecule is C=CCNC1(C(=O)O)CCS(=O)(=O)c2ccccc21. The molecule has 6 heteroatoms. The lowest BCUT2D eigenvalue weighted by atomic mass is 9.86. The van der Waals surface area contributed by atoms with E-state index in [1.54, 1.807) is 24.3 Å². The molecule has 5 nitrogen and oxygen atoms in total. The number of hydrogen-bond acceptors (Lipinski definition) is 4. The molecule has 1 atom stereocenters. The molecule has 0 aliphatic carbocycles. The Morgan fingerprint density at radius 3 is 2.79 bits per heavy atom. The van der Waals surface area contributed by atoms with Crippen LogP contribution < -0.4 is 5.32 Å². The topological polar surface area (TPSA) is 83.5 Å². The lowest BCUT2D eigenvalue weighted by molar-refractivity contribution is -0.145. The number of hydrogen-bond donors (Lipinski definition) is 2. The second kappa shape index (κ2) is 4.79. The highest BCUT2D eigenvalue weighted by Crippen LogP contribution is 2.37. The van der Waals surface area contributed by atoms with Crippen molar-refractivity contribution in [2.75, 3.05) is 12.3 Å². The lowest BCUT2D eigenvalue weighted by Crippen LogP contribution is -2.53. The number of aliphatic carboxylic acids is 1. The number of sulfone groups is 1. The predicted molar refractivity (Wildman–Crippen MR) is 70.6 cm³/mol. The molecule has 2 N–H and O–H groups in total. The van der Waals surface area contributed by atoms with Gasteiger partial charge in [0, 0.05) is 12.1 Å². The van der Waals surface area contributed by atoms with Gasteiger partial charge in [0.2, 0.25) is 0 Å². The van der Waals surface area contributed by atoms with Crippen molar-refractivity contribution in [3.05, 3.63) is 42.5 Å². The Morgan fingerprint density at radius 1 is 1.47 bits per heavy atom. The second-order valence-electron chi connectivity index (χ2n) is 4.45. The van der Waals surface area contributed by atoms with E-state index in [4.69, 9.17) is 0 Å². The molecule has 0 radical (unpaired) electrons. The first-order valence-corrected chi connectivity index (χ1v) is 7.51. The largest absolute Gasteiger partial charge is 0.480 e. The van der Waals surface area contributed by atoms with E-state index < -0.39 is 21.3 Å². The standard InChI is InChI=1S/C13H15NO4S/c1-2-8-14-13(12(15)16)7-9-19(17,18)11-6-4-3-5-10(11)13/h2-6,14H,1,7-9H2,(H,15,16). The molecule has 0 aromatic heterocycles. The Bertz CT molecular complexity index is 623. The maximum absolute atomic E-state index is 12.0. The van der Waals surface area contributed by atoms with Crippen molar-refractivity contribution in [2.45, 2.75) is 16.9 Å². The third-order valence-electron chi connectivity index (χ3n) is 3.34. The van der Waals surface area contributed by atoms with Crippen molar-refractivity contribution in [3.63, 3.8) is 0 Å². The molecule has 1 aliphatic heterocycles. The Balaban J connectivity index is 2.65. The Morgan fingerprint density at radius 2 is 2.16 bits per heavy atom. The third kappa shape index (κ3) is 2.17. The van der Waals surface area contributed by atoms with Crippen LogP contribution in [0.4, 0.5) is 0 Å². The van der Waals surface area contributed by atoms with E-state index in [0.29, 0.717) is 12.1 Å². The monoisotopic (exact) mass is 281 g/mol. The summed E-state index contributed by atoms with van der Waals surface area (Å²) in [5.74, 6) is -1.25. The van der Waals surface area contributed by atoms with Crippen molar-refractivity contribution >= 4 is 15.8 Å². The average molecular weight is 281 g/mol. The van der Waals surface area contributed by atoms with Gasteiger partial charge in [-0.25, -0.2) is 13.2 Å². The van der Waals surface area contributed by atoms with Crippen LogP contribution in [0.25, 0.3) is 0 Å². The second-order valence-corrected chi connectivity index (χ2v) is 6.52. The van der Waals surface area contributed by atoms with Crippen LogP contribution in [0.3, 0.4) is 0 Å². The molecule has 0 bridgehead atoms. The first kappa shape index (κ1) is 13.8. The van der Waals surface area contributed by atoms with Gasteiger partial charge >= 0.3 is 5.97 Å². The molecule has 0 amide bonds. The van der Waals surface area contributed by atoms with Crippen LogP contribution in [-0.4, -0.2) is 31.8 Å². The van der Waals surface area contributed by atoms with Crippen LogP contribution in [0.2, 0.25) is 0 Å². The lowest BCUT2D eigenvalue weighted by Gasteiger charge is -2.35. The van der Waals surface area contributed by atoms with Gasteiger partial charge in [0.1, 0.15) is 5.54 Å². The van der Waals surface area contributed by atoms with Crippen LogP contribution in [0.5, 0.6) is 0 Å². The van der Waals surface area contributed by atoms with Crippen molar-refractivity contribution in [2.24, 2.45) is 0 Å². The summed E-state index contributed by atoms with van der Waals surface area (Å²) in [6, 6.07) is 6.25. The molecule has 2 rings (SSSR count). The van der Waals surface area contributed by atoms with Gasteiger partial charge in [-0.1, -0.05) is 24.3 Å². The summed E-state index contributed by atoms with van der Waals surface area (Å²) in [4.78, 5) is 11.8. The fraction of sp³-hybridized carbons (Fsp3) is 0.308. The number of rotatable bonds is 4. The van der Waals surface area contributed by atoms with Gasteiger partial charge in [0.05, 0.1) is 10.6 Å². The minimum Gasteiger partial charge on any atom is -0.480 e. The zero-order valence-corrected chi connectivity index (χ0v) is 11.1. The molecule has 0 saturated heterocycles. The first-order valence-electron chi connectivity index (χ1n) is 5.85. The molecule has 0 spiro atoms. The maximum Gasteiger partial charge on any atom is 0.328 e. The molecular weight excluding hydrogens is 266 g/mol. The van der Waals surface area contributed by atoms with Gasteiger partial charge in [-0.15, -0.1) is 6.58 Å². The maximum atomic E-state index is 12.0. The fourth-order valence-electron chi connectivity index (χ4n) is 2.35. The smallest absolute Gasteiger partial charge is 0.328 e. The molecule has 1 unspecified atom stereocenters. The molecule has 0 saturated carbocycles. The van der Waals surface area contributed by atoms with Crippen LogP contribution in [0.1, 0.15) is 12.0 Å². The summed E-state index contributed by atoms with van der Waals surface area (Å²) in [7, 11) is -3.40.